The second-order valence-corrected chi connectivity index (χ2v) is 9.25. The number of carbonyl (C=O) groups excluding carboxylic acids is 1. The third-order valence-corrected chi connectivity index (χ3v) is 6.57. The van der Waals surface area contributed by atoms with E-state index >= 15 is 0 Å². The minimum atomic E-state index is -1.10. The zero-order valence-electron chi connectivity index (χ0n) is 21.0. The van der Waals surface area contributed by atoms with Gasteiger partial charge in [-0.1, -0.05) is 42.0 Å². The fourth-order valence-electron chi connectivity index (χ4n) is 4.53. The summed E-state index contributed by atoms with van der Waals surface area (Å²) in [5.74, 6) is 0. The van der Waals surface area contributed by atoms with Gasteiger partial charge >= 0.3 is 6.16 Å². The lowest BCUT2D eigenvalue weighted by molar-refractivity contribution is -0.161. The van der Waals surface area contributed by atoms with Crippen LogP contribution in [0.25, 0.3) is 16.9 Å². The van der Waals surface area contributed by atoms with Gasteiger partial charge in [0.2, 0.25) is 6.29 Å². The highest BCUT2D eigenvalue weighted by Crippen LogP contribution is 2.39. The van der Waals surface area contributed by atoms with Crippen molar-refractivity contribution >= 4 is 6.16 Å². The highest BCUT2D eigenvalue weighted by atomic mass is 16.8. The van der Waals surface area contributed by atoms with Crippen LogP contribution in [0.2, 0.25) is 0 Å². The minimum absolute atomic E-state index is 0.0259. The van der Waals surface area contributed by atoms with E-state index in [1.54, 1.807) is 13.8 Å². The number of aliphatic hydroxyl groups excluding tert-OH is 1. The van der Waals surface area contributed by atoms with Gasteiger partial charge in [0.25, 0.3) is 0 Å². The molecule has 8 heteroatoms. The van der Waals surface area contributed by atoms with Crippen LogP contribution in [0.3, 0.4) is 0 Å². The fraction of sp³-hybridized carbons (Fsp3) is 0.429. The van der Waals surface area contributed by atoms with E-state index in [0.717, 1.165) is 28.1 Å². The van der Waals surface area contributed by atoms with E-state index in [4.69, 9.17) is 19.3 Å². The quantitative estimate of drug-likeness (QED) is 0.335. The summed E-state index contributed by atoms with van der Waals surface area (Å²) in [7, 11) is 0. The van der Waals surface area contributed by atoms with Gasteiger partial charge in [0, 0.05) is 5.56 Å². The highest BCUT2D eigenvalue weighted by molar-refractivity contribution is 5.63. The van der Waals surface area contributed by atoms with Gasteiger partial charge in [-0.05, 0) is 70.2 Å². The van der Waals surface area contributed by atoms with Crippen LogP contribution < -0.4 is 0 Å². The van der Waals surface area contributed by atoms with E-state index < -0.39 is 18.0 Å². The number of aromatic nitrogens is 2. The van der Waals surface area contributed by atoms with Crippen molar-refractivity contribution in [2.45, 2.75) is 71.1 Å². The Morgan fingerprint density at radius 3 is 2.42 bits per heavy atom. The van der Waals surface area contributed by atoms with Crippen molar-refractivity contribution in [1.29, 1.82) is 0 Å². The molecule has 2 N–H and O–H groups in total. The molecule has 3 aromatic rings. The molecular formula is C28H34N2O6. The summed E-state index contributed by atoms with van der Waals surface area (Å²) < 4.78 is 17.6. The standard InChI is InChI=1S/C28H34N2O6/c1-4-34-27(32)36-20(3)35-24-13-15-28(33,16-14-24)26-17-25(22-9-5-19(2)6-10-22)30(29-26)23-11-7-21(18-31)8-12-23/h5-12,17,20,24,31,33H,4,13-16,18H2,1-3H3. The predicted octanol–water partition coefficient (Wildman–Crippen LogP) is 5.01. The molecule has 0 spiro atoms. The molecule has 1 aromatic heterocycles. The Bertz CT molecular complexity index is 1150. The smallest absolute Gasteiger partial charge is 0.435 e. The van der Waals surface area contributed by atoms with Gasteiger partial charge in [0.1, 0.15) is 5.60 Å². The predicted molar refractivity (Wildman–Crippen MR) is 134 cm³/mol. The molecule has 192 valence electrons. The molecule has 0 amide bonds. The third kappa shape index (κ3) is 5.95. The summed E-state index contributed by atoms with van der Waals surface area (Å²) in [5.41, 5.74) is 4.22. The topological polar surface area (TPSA) is 103 Å². The number of carbonyl (C=O) groups is 1. The number of rotatable bonds is 8. The average molecular weight is 495 g/mol. The van der Waals surface area contributed by atoms with Crippen molar-refractivity contribution in [3.63, 3.8) is 0 Å². The van der Waals surface area contributed by atoms with Crippen LogP contribution in [0, 0.1) is 6.92 Å². The van der Waals surface area contributed by atoms with E-state index in [1.807, 2.05) is 41.9 Å². The van der Waals surface area contributed by atoms with Crippen LogP contribution in [0.4, 0.5) is 4.79 Å². The SMILES string of the molecule is CCOC(=O)OC(C)OC1CCC(O)(c2cc(-c3ccc(C)cc3)n(-c3ccc(CO)cc3)n2)CC1. The summed E-state index contributed by atoms with van der Waals surface area (Å²) in [6, 6.07) is 17.7. The van der Waals surface area contributed by atoms with Gasteiger partial charge in [-0.3, -0.25) is 0 Å². The molecule has 0 bridgehead atoms. The first kappa shape index (κ1) is 25.9. The van der Waals surface area contributed by atoms with Gasteiger partial charge in [-0.25, -0.2) is 9.48 Å². The molecule has 0 radical (unpaired) electrons. The fourth-order valence-corrected chi connectivity index (χ4v) is 4.53. The monoisotopic (exact) mass is 494 g/mol. The lowest BCUT2D eigenvalue weighted by atomic mass is 9.81. The lowest BCUT2D eigenvalue weighted by Gasteiger charge is -2.35. The average Bonchev–Trinajstić information content (AvgIpc) is 3.32. The molecule has 2 aromatic carbocycles. The molecule has 0 saturated heterocycles. The Hall–Kier alpha value is -3.20. The highest BCUT2D eigenvalue weighted by Gasteiger charge is 2.38. The van der Waals surface area contributed by atoms with Crippen molar-refractivity contribution in [1.82, 2.24) is 9.78 Å². The van der Waals surface area contributed by atoms with Crippen molar-refractivity contribution in [3.05, 3.63) is 71.4 Å². The van der Waals surface area contributed by atoms with Crippen LogP contribution in [0.1, 0.15) is 56.4 Å². The Morgan fingerprint density at radius 1 is 1.14 bits per heavy atom. The zero-order chi connectivity index (χ0) is 25.7. The maximum atomic E-state index is 11.6. The van der Waals surface area contributed by atoms with Gasteiger partial charge < -0.3 is 24.4 Å². The number of benzene rings is 2. The second kappa shape index (κ2) is 11.2. The first-order valence-corrected chi connectivity index (χ1v) is 12.4. The van der Waals surface area contributed by atoms with E-state index in [9.17, 15) is 15.0 Å². The molecular weight excluding hydrogens is 460 g/mol. The van der Waals surface area contributed by atoms with Crippen LogP contribution in [0.15, 0.2) is 54.6 Å². The van der Waals surface area contributed by atoms with E-state index in [2.05, 4.69) is 24.3 Å². The molecule has 1 aliphatic rings. The van der Waals surface area contributed by atoms with E-state index in [0.29, 0.717) is 31.4 Å². The Balaban J connectivity index is 1.54. The number of nitrogens with zero attached hydrogens (tertiary/aromatic N) is 2. The maximum Gasteiger partial charge on any atom is 0.510 e. The van der Waals surface area contributed by atoms with Crippen molar-refractivity contribution in [2.24, 2.45) is 0 Å². The minimum Gasteiger partial charge on any atom is -0.435 e. The molecule has 0 aliphatic heterocycles. The van der Waals surface area contributed by atoms with E-state index in [-0.39, 0.29) is 19.3 Å². The number of aliphatic hydroxyl groups is 2. The van der Waals surface area contributed by atoms with Gasteiger partial charge in [0.05, 0.1) is 36.4 Å². The van der Waals surface area contributed by atoms with E-state index in [1.165, 1.54) is 0 Å². The summed E-state index contributed by atoms with van der Waals surface area (Å²) in [4.78, 5) is 11.5. The summed E-state index contributed by atoms with van der Waals surface area (Å²) in [6.07, 6.45) is 0.526. The number of ether oxygens (including phenoxy) is 3. The van der Waals surface area contributed by atoms with Crippen molar-refractivity contribution in [2.75, 3.05) is 6.61 Å². The summed E-state index contributed by atoms with van der Waals surface area (Å²) >= 11 is 0. The lowest BCUT2D eigenvalue weighted by Crippen LogP contribution is -2.36. The van der Waals surface area contributed by atoms with Crippen LogP contribution in [-0.4, -0.2) is 45.1 Å². The first-order chi connectivity index (χ1) is 17.3. The molecule has 1 heterocycles. The van der Waals surface area contributed by atoms with Crippen LogP contribution in [-0.2, 0) is 26.4 Å². The largest absolute Gasteiger partial charge is 0.510 e. The molecule has 1 aliphatic carbocycles. The van der Waals surface area contributed by atoms with Gasteiger partial charge in [-0.2, -0.15) is 5.10 Å². The number of hydrogen-bond donors (Lipinski definition) is 2. The van der Waals surface area contributed by atoms with Crippen LogP contribution >= 0.6 is 0 Å². The second-order valence-electron chi connectivity index (χ2n) is 9.25. The molecule has 4 rings (SSSR count). The number of hydrogen-bond acceptors (Lipinski definition) is 7. The number of aryl methyl sites for hydroxylation is 1. The molecule has 1 atom stereocenters. The first-order valence-electron chi connectivity index (χ1n) is 12.4. The summed E-state index contributed by atoms with van der Waals surface area (Å²) in [5, 5.41) is 25.9. The van der Waals surface area contributed by atoms with Crippen molar-refractivity contribution < 1.29 is 29.2 Å². The molecule has 8 nitrogen and oxygen atoms in total. The Morgan fingerprint density at radius 2 is 1.81 bits per heavy atom. The zero-order valence-corrected chi connectivity index (χ0v) is 21.0. The van der Waals surface area contributed by atoms with Gasteiger partial charge in [-0.15, -0.1) is 0 Å². The Kier molecular flexibility index (Phi) is 8.08. The summed E-state index contributed by atoms with van der Waals surface area (Å²) in [6.45, 7) is 5.63. The normalized spacial score (nSPS) is 20.6. The molecule has 1 saturated carbocycles. The maximum absolute atomic E-state index is 11.6. The van der Waals surface area contributed by atoms with Gasteiger partial charge in [0.15, 0.2) is 0 Å². The van der Waals surface area contributed by atoms with Crippen molar-refractivity contribution in [3.8, 4) is 16.9 Å². The molecule has 1 unspecified atom stereocenters. The molecule has 1 fully saturated rings. The Labute approximate surface area is 211 Å². The molecule has 36 heavy (non-hydrogen) atoms. The third-order valence-electron chi connectivity index (χ3n) is 6.57. The van der Waals surface area contributed by atoms with Crippen LogP contribution in [0.5, 0.6) is 0 Å².